The first-order valence-corrected chi connectivity index (χ1v) is 6.87. The molecule has 1 aromatic rings. The van der Waals surface area contributed by atoms with Gasteiger partial charge >= 0.3 is 0 Å². The first kappa shape index (κ1) is 14.2. The van der Waals surface area contributed by atoms with Crippen molar-refractivity contribution in [2.75, 3.05) is 18.8 Å². The summed E-state index contributed by atoms with van der Waals surface area (Å²) in [5.74, 6) is 1.64. The Morgan fingerprint density at radius 1 is 1.16 bits per heavy atom. The van der Waals surface area contributed by atoms with E-state index in [0.29, 0.717) is 5.69 Å². The molecule has 0 aliphatic heterocycles. The van der Waals surface area contributed by atoms with E-state index in [2.05, 4.69) is 0 Å². The van der Waals surface area contributed by atoms with Crippen LogP contribution in [-0.2, 0) is 0 Å². The zero-order chi connectivity index (χ0) is 12.5. The van der Waals surface area contributed by atoms with Crippen LogP contribution in [0.15, 0.2) is 24.3 Å². The van der Waals surface area contributed by atoms with Gasteiger partial charge in [0.1, 0.15) is 0 Å². The molecule has 0 unspecified atom stereocenters. The third kappa shape index (κ3) is 3.87. The maximum Gasteiger partial charge on any atom is 0.253 e. The number of hydrogen-bond donors (Lipinski definition) is 1. The summed E-state index contributed by atoms with van der Waals surface area (Å²) < 4.78 is 0. The smallest absolute Gasteiger partial charge is 0.253 e. The second-order valence-electron chi connectivity index (χ2n) is 5.72. The third-order valence-electron chi connectivity index (χ3n) is 3.77. The average molecular weight is 281 g/mol. The van der Waals surface area contributed by atoms with Crippen molar-refractivity contribution in [3.63, 3.8) is 0 Å². The predicted molar refractivity (Wildman–Crippen MR) is 79.5 cm³/mol. The molecule has 4 heteroatoms. The number of amides is 1. The lowest BCUT2D eigenvalue weighted by atomic mass is 10.1. The number of nitrogen functional groups attached to an aromatic ring is 1. The van der Waals surface area contributed by atoms with Gasteiger partial charge in [0.2, 0.25) is 0 Å². The van der Waals surface area contributed by atoms with E-state index in [4.69, 9.17) is 5.73 Å². The number of halogens is 1. The Hall–Kier alpha value is -1.22. The topological polar surface area (TPSA) is 46.3 Å². The minimum Gasteiger partial charge on any atom is -0.399 e. The van der Waals surface area contributed by atoms with Crippen molar-refractivity contribution in [1.82, 2.24) is 4.90 Å². The Labute approximate surface area is 120 Å². The van der Waals surface area contributed by atoms with Crippen LogP contribution in [0.2, 0.25) is 0 Å². The molecule has 0 aromatic heterocycles. The van der Waals surface area contributed by atoms with Gasteiger partial charge in [-0.1, -0.05) is 6.07 Å². The molecule has 0 heterocycles. The molecule has 2 aliphatic carbocycles. The highest BCUT2D eigenvalue weighted by molar-refractivity contribution is 5.95. The first-order chi connectivity index (χ1) is 8.72. The zero-order valence-electron chi connectivity index (χ0n) is 11.0. The van der Waals surface area contributed by atoms with Crippen molar-refractivity contribution in [3.8, 4) is 0 Å². The van der Waals surface area contributed by atoms with Crippen LogP contribution in [0.4, 0.5) is 5.69 Å². The van der Waals surface area contributed by atoms with Crippen LogP contribution in [0.25, 0.3) is 0 Å². The molecule has 3 nitrogen and oxygen atoms in total. The van der Waals surface area contributed by atoms with Gasteiger partial charge < -0.3 is 10.6 Å². The van der Waals surface area contributed by atoms with Gasteiger partial charge in [0.25, 0.3) is 5.91 Å². The van der Waals surface area contributed by atoms with E-state index < -0.39 is 0 Å². The van der Waals surface area contributed by atoms with Crippen molar-refractivity contribution in [2.24, 2.45) is 11.8 Å². The van der Waals surface area contributed by atoms with E-state index in [1.165, 1.54) is 25.7 Å². The monoisotopic (exact) mass is 280 g/mol. The number of benzene rings is 1. The maximum atomic E-state index is 12.5. The Balaban J connectivity index is 0.00000133. The summed E-state index contributed by atoms with van der Waals surface area (Å²) in [6.07, 6.45) is 5.13. The average Bonchev–Trinajstić information content (AvgIpc) is 3.22. The van der Waals surface area contributed by atoms with Gasteiger partial charge in [-0.25, -0.2) is 0 Å². The van der Waals surface area contributed by atoms with Crippen molar-refractivity contribution < 1.29 is 4.79 Å². The van der Waals surface area contributed by atoms with Gasteiger partial charge in [0.05, 0.1) is 0 Å². The van der Waals surface area contributed by atoms with E-state index in [9.17, 15) is 4.79 Å². The number of hydrogen-bond acceptors (Lipinski definition) is 2. The summed E-state index contributed by atoms with van der Waals surface area (Å²) >= 11 is 0. The number of carbonyl (C=O) groups is 1. The van der Waals surface area contributed by atoms with Crippen LogP contribution in [-0.4, -0.2) is 23.9 Å². The lowest BCUT2D eigenvalue weighted by molar-refractivity contribution is 0.0739. The molecule has 0 bridgehead atoms. The summed E-state index contributed by atoms with van der Waals surface area (Å²) in [5, 5.41) is 0. The quantitative estimate of drug-likeness (QED) is 0.843. The fraction of sp³-hybridized carbons (Fsp3) is 0.533. The molecule has 0 radical (unpaired) electrons. The molecule has 0 spiro atoms. The maximum absolute atomic E-state index is 12.5. The van der Waals surface area contributed by atoms with Gasteiger partial charge in [0, 0.05) is 24.3 Å². The van der Waals surface area contributed by atoms with Crippen molar-refractivity contribution in [1.29, 1.82) is 0 Å². The molecular weight excluding hydrogens is 260 g/mol. The standard InChI is InChI=1S/C15H20N2O.ClH/c16-14-3-1-2-13(8-14)15(18)17(9-11-4-5-11)10-12-6-7-12;/h1-3,8,11-12H,4-7,9-10,16H2;1H. The fourth-order valence-corrected chi connectivity index (χ4v) is 2.32. The summed E-state index contributed by atoms with van der Waals surface area (Å²) in [7, 11) is 0. The molecule has 1 amide bonds. The Morgan fingerprint density at radius 3 is 2.21 bits per heavy atom. The minimum absolute atomic E-state index is 0. The minimum atomic E-state index is 0. The van der Waals surface area contributed by atoms with Gasteiger partial charge in [-0.3, -0.25) is 4.79 Å². The van der Waals surface area contributed by atoms with Gasteiger partial charge in [-0.15, -0.1) is 12.4 Å². The first-order valence-electron chi connectivity index (χ1n) is 6.87. The van der Waals surface area contributed by atoms with Crippen LogP contribution in [0, 0.1) is 11.8 Å². The lowest BCUT2D eigenvalue weighted by Gasteiger charge is -2.22. The summed E-state index contributed by atoms with van der Waals surface area (Å²) in [5.41, 5.74) is 7.15. The number of nitrogens with two attached hydrogens (primary N) is 1. The largest absolute Gasteiger partial charge is 0.399 e. The van der Waals surface area contributed by atoms with Crippen LogP contribution in [0.1, 0.15) is 36.0 Å². The summed E-state index contributed by atoms with van der Waals surface area (Å²) in [4.78, 5) is 14.5. The Kier molecular flexibility index (Phi) is 4.35. The molecule has 0 atom stereocenters. The van der Waals surface area contributed by atoms with Gasteiger partial charge in [-0.2, -0.15) is 0 Å². The molecule has 0 saturated heterocycles. The molecule has 19 heavy (non-hydrogen) atoms. The van der Waals surface area contributed by atoms with E-state index in [1.807, 2.05) is 23.1 Å². The molecular formula is C15H21ClN2O. The van der Waals surface area contributed by atoms with Crippen molar-refractivity contribution in [3.05, 3.63) is 29.8 Å². The Bertz CT molecular complexity index is 441. The molecule has 2 fully saturated rings. The third-order valence-corrected chi connectivity index (χ3v) is 3.77. The van der Waals surface area contributed by atoms with Crippen molar-refractivity contribution in [2.45, 2.75) is 25.7 Å². The Morgan fingerprint density at radius 2 is 1.74 bits per heavy atom. The van der Waals surface area contributed by atoms with Crippen LogP contribution >= 0.6 is 12.4 Å². The summed E-state index contributed by atoms with van der Waals surface area (Å²) in [6.45, 7) is 1.87. The highest BCUT2D eigenvalue weighted by Crippen LogP contribution is 2.34. The molecule has 2 N–H and O–H groups in total. The number of rotatable bonds is 5. The van der Waals surface area contributed by atoms with E-state index >= 15 is 0 Å². The normalized spacial score (nSPS) is 17.7. The van der Waals surface area contributed by atoms with Crippen molar-refractivity contribution >= 4 is 24.0 Å². The highest BCUT2D eigenvalue weighted by atomic mass is 35.5. The van der Waals surface area contributed by atoms with Crippen LogP contribution in [0.3, 0.4) is 0 Å². The second-order valence-corrected chi connectivity index (χ2v) is 5.72. The van der Waals surface area contributed by atoms with E-state index in [0.717, 1.165) is 30.5 Å². The molecule has 1 aromatic carbocycles. The van der Waals surface area contributed by atoms with Gasteiger partial charge in [-0.05, 0) is 55.7 Å². The van der Waals surface area contributed by atoms with E-state index in [1.54, 1.807) is 6.07 Å². The van der Waals surface area contributed by atoms with E-state index in [-0.39, 0.29) is 18.3 Å². The number of anilines is 1. The molecule has 2 saturated carbocycles. The second kappa shape index (κ2) is 5.83. The zero-order valence-corrected chi connectivity index (χ0v) is 11.9. The van der Waals surface area contributed by atoms with Crippen LogP contribution < -0.4 is 5.73 Å². The molecule has 3 rings (SSSR count). The molecule has 2 aliphatic rings. The fourth-order valence-electron chi connectivity index (χ4n) is 2.32. The van der Waals surface area contributed by atoms with Gasteiger partial charge in [0.15, 0.2) is 0 Å². The predicted octanol–water partition coefficient (Wildman–Crippen LogP) is 2.95. The SMILES string of the molecule is Cl.Nc1cccc(C(=O)N(CC2CC2)CC2CC2)c1. The van der Waals surface area contributed by atoms with Crippen LogP contribution in [0.5, 0.6) is 0 Å². The molecule has 104 valence electrons. The number of carbonyl (C=O) groups excluding carboxylic acids is 1. The summed E-state index contributed by atoms with van der Waals surface area (Å²) in [6, 6.07) is 7.33. The number of nitrogens with zero attached hydrogens (tertiary/aromatic N) is 1. The lowest BCUT2D eigenvalue weighted by Crippen LogP contribution is -2.34. The highest BCUT2D eigenvalue weighted by Gasteiger charge is 2.31.